The first-order chi connectivity index (χ1) is 19.8. The van der Waals surface area contributed by atoms with Gasteiger partial charge in [0.2, 0.25) is 0 Å². The molecule has 0 amide bonds. The molecule has 2 fully saturated rings. The van der Waals surface area contributed by atoms with Crippen molar-refractivity contribution in [2.24, 2.45) is 0 Å². The number of hydrogen-bond donors (Lipinski definition) is 0. The van der Waals surface area contributed by atoms with Gasteiger partial charge in [-0.15, -0.1) is 0 Å². The Morgan fingerprint density at radius 2 is 1.32 bits per heavy atom. The van der Waals surface area contributed by atoms with Gasteiger partial charge >= 0.3 is 5.97 Å². The second-order valence-electron chi connectivity index (χ2n) is 17.3. The lowest BCUT2D eigenvalue weighted by atomic mass is 9.87. The number of carbonyl (C=O) groups is 1. The standard InChI is InChI=1S/C33H65IO7Si3/c1-17-36-26(35)22-23-18-19-24-27(37-23)29(40-43(13,14)32(5,6)7)30(41-44(15,16)33(8,9)10)28(38-24)25(20-21-34)39-42(11,12)31(2,3)4/h20-21,23-25,27-30H,17-19,22H2,1-16H3/b21-20+/t23-,24+,25?,27+,28+,29+,30?/m1/s1. The maximum Gasteiger partial charge on any atom is 0.308 e. The molecule has 0 radical (unpaired) electrons. The van der Waals surface area contributed by atoms with Gasteiger partial charge in [0.15, 0.2) is 25.0 Å². The number of halogens is 1. The second-order valence-corrected chi connectivity index (χ2v) is 32.3. The van der Waals surface area contributed by atoms with Crippen LogP contribution in [0.1, 0.15) is 88.5 Å². The van der Waals surface area contributed by atoms with E-state index in [1.54, 1.807) is 0 Å². The first kappa shape index (κ1) is 40.6. The number of esters is 1. The Balaban J connectivity index is 2.72. The van der Waals surface area contributed by atoms with Crippen LogP contribution in [0.25, 0.3) is 0 Å². The van der Waals surface area contributed by atoms with Gasteiger partial charge in [0.1, 0.15) is 24.4 Å². The number of ether oxygens (including phenoxy) is 3. The molecule has 2 unspecified atom stereocenters. The summed E-state index contributed by atoms with van der Waals surface area (Å²) in [7, 11) is -6.80. The normalized spacial score (nSPS) is 28.6. The summed E-state index contributed by atoms with van der Waals surface area (Å²) in [5, 5.41) is -0.0106. The minimum absolute atomic E-state index is 0.0179. The van der Waals surface area contributed by atoms with E-state index in [2.05, 4.69) is 130 Å². The molecule has 0 aromatic heterocycles. The van der Waals surface area contributed by atoms with Gasteiger partial charge in [0.25, 0.3) is 0 Å². The van der Waals surface area contributed by atoms with Crippen LogP contribution in [0, 0.1) is 0 Å². The summed E-state index contributed by atoms with van der Waals surface area (Å²) >= 11 is 2.29. The maximum absolute atomic E-state index is 12.5. The van der Waals surface area contributed by atoms with Crippen molar-refractivity contribution in [1.29, 1.82) is 0 Å². The third-order valence-corrected chi connectivity index (χ3v) is 24.6. The molecule has 2 saturated heterocycles. The number of fused-ring (bicyclic) bond motifs is 1. The Labute approximate surface area is 286 Å². The third kappa shape index (κ3) is 9.96. The van der Waals surface area contributed by atoms with Crippen LogP contribution in [0.5, 0.6) is 0 Å². The highest BCUT2D eigenvalue weighted by atomic mass is 127. The lowest BCUT2D eigenvalue weighted by molar-refractivity contribution is -0.267. The van der Waals surface area contributed by atoms with E-state index in [0.29, 0.717) is 6.61 Å². The van der Waals surface area contributed by atoms with E-state index in [1.165, 1.54) is 0 Å². The number of hydrogen-bond acceptors (Lipinski definition) is 7. The highest BCUT2D eigenvalue weighted by Gasteiger charge is 2.57. The predicted molar refractivity (Wildman–Crippen MR) is 197 cm³/mol. The molecule has 2 aliphatic rings. The van der Waals surface area contributed by atoms with Crippen molar-refractivity contribution in [2.75, 3.05) is 6.61 Å². The lowest BCUT2D eigenvalue weighted by Gasteiger charge is -2.56. The van der Waals surface area contributed by atoms with Crippen LogP contribution in [-0.2, 0) is 32.3 Å². The van der Waals surface area contributed by atoms with E-state index >= 15 is 0 Å². The van der Waals surface area contributed by atoms with E-state index in [4.69, 9.17) is 27.5 Å². The van der Waals surface area contributed by atoms with Crippen molar-refractivity contribution < 1.29 is 32.3 Å². The molecule has 11 heteroatoms. The Morgan fingerprint density at radius 3 is 1.77 bits per heavy atom. The quantitative estimate of drug-likeness (QED) is 0.118. The minimum atomic E-state index is -2.32. The van der Waals surface area contributed by atoms with Crippen molar-refractivity contribution in [3.05, 3.63) is 10.2 Å². The monoisotopic (exact) mass is 784 g/mol. The van der Waals surface area contributed by atoms with E-state index < -0.39 is 31.1 Å². The summed E-state index contributed by atoms with van der Waals surface area (Å²) in [5.74, 6) is -0.225. The molecule has 2 rings (SSSR count). The molecule has 258 valence electrons. The van der Waals surface area contributed by atoms with Gasteiger partial charge in [-0.2, -0.15) is 0 Å². The molecule has 0 spiro atoms. The van der Waals surface area contributed by atoms with E-state index in [0.717, 1.165) is 12.8 Å². The summed E-state index contributed by atoms with van der Waals surface area (Å²) in [6.07, 6.45) is 1.63. The van der Waals surface area contributed by atoms with Gasteiger partial charge < -0.3 is 27.5 Å². The maximum atomic E-state index is 12.5. The van der Waals surface area contributed by atoms with Gasteiger partial charge in [-0.25, -0.2) is 0 Å². The molecule has 0 aromatic carbocycles. The lowest BCUT2D eigenvalue weighted by Crippen LogP contribution is -2.69. The van der Waals surface area contributed by atoms with Crippen molar-refractivity contribution in [2.45, 2.75) is 186 Å². The smallest absolute Gasteiger partial charge is 0.308 e. The molecule has 0 aromatic rings. The van der Waals surface area contributed by atoms with Crippen molar-refractivity contribution in [1.82, 2.24) is 0 Å². The Kier molecular flexibility index (Phi) is 13.7. The van der Waals surface area contributed by atoms with Crippen molar-refractivity contribution >= 4 is 53.5 Å². The summed E-state index contributed by atoms with van der Waals surface area (Å²) in [4.78, 5) is 12.5. The highest BCUT2D eigenvalue weighted by Crippen LogP contribution is 2.47. The molecular weight excluding hydrogens is 720 g/mol. The molecule has 7 atom stereocenters. The molecule has 7 nitrogen and oxygen atoms in total. The fourth-order valence-electron chi connectivity index (χ4n) is 4.91. The topological polar surface area (TPSA) is 72.5 Å². The average Bonchev–Trinajstić information content (AvgIpc) is 2.83. The number of rotatable bonds is 11. The van der Waals surface area contributed by atoms with Crippen molar-refractivity contribution in [3.8, 4) is 0 Å². The third-order valence-electron chi connectivity index (χ3n) is 10.8. The van der Waals surface area contributed by atoms with Gasteiger partial charge in [-0.3, -0.25) is 4.79 Å². The highest BCUT2D eigenvalue weighted by molar-refractivity contribution is 14.1. The Bertz CT molecular complexity index is 981. The van der Waals surface area contributed by atoms with Crippen LogP contribution in [-0.4, -0.2) is 80.3 Å². The second kappa shape index (κ2) is 14.9. The van der Waals surface area contributed by atoms with Crippen LogP contribution >= 0.6 is 22.6 Å². The largest absolute Gasteiger partial charge is 0.466 e. The van der Waals surface area contributed by atoms with E-state index in [-0.39, 0.29) is 64.1 Å². The average molecular weight is 785 g/mol. The van der Waals surface area contributed by atoms with Gasteiger partial charge in [0.05, 0.1) is 31.3 Å². The predicted octanol–water partition coefficient (Wildman–Crippen LogP) is 9.37. The van der Waals surface area contributed by atoms with Gasteiger partial charge in [0, 0.05) is 0 Å². The van der Waals surface area contributed by atoms with Crippen LogP contribution in [0.15, 0.2) is 10.2 Å². The Morgan fingerprint density at radius 1 is 0.818 bits per heavy atom. The fraction of sp³-hybridized carbons (Fsp3) is 0.909. The number of carbonyl (C=O) groups excluding carboxylic acids is 1. The van der Waals surface area contributed by atoms with Crippen LogP contribution in [0.3, 0.4) is 0 Å². The zero-order valence-electron chi connectivity index (χ0n) is 30.8. The summed E-state index contributed by atoms with van der Waals surface area (Å²) in [6.45, 7) is 36.4. The molecule has 2 aliphatic heterocycles. The summed E-state index contributed by atoms with van der Waals surface area (Å²) < 4.78 is 43.2. The molecule has 44 heavy (non-hydrogen) atoms. The molecular formula is C33H65IO7Si3. The van der Waals surface area contributed by atoms with Crippen LogP contribution < -0.4 is 0 Å². The summed E-state index contributed by atoms with van der Waals surface area (Å²) in [6, 6.07) is 0. The SMILES string of the molecule is CCOC(=O)C[C@H]1CC[C@@H]2O[C@@H](C(/C=C/I)O[Si](C)(C)C(C)(C)C)C(O[Si](C)(C)C(C)(C)C)[C@@H](O[Si](C)(C)C(C)(C)C)[C@H]2O1. The molecule has 0 N–H and O–H groups in total. The Hall–Kier alpha value is 0.391. The van der Waals surface area contributed by atoms with Gasteiger partial charge in [-0.1, -0.05) is 84.9 Å². The van der Waals surface area contributed by atoms with Crippen LogP contribution in [0.2, 0.25) is 54.4 Å². The molecule has 2 heterocycles. The fourth-order valence-corrected chi connectivity index (χ4v) is 9.17. The summed E-state index contributed by atoms with van der Waals surface area (Å²) in [5.41, 5.74) is 0. The molecule has 0 bridgehead atoms. The molecule has 0 aliphatic carbocycles. The molecule has 0 saturated carbocycles. The van der Waals surface area contributed by atoms with Crippen LogP contribution in [0.4, 0.5) is 0 Å². The minimum Gasteiger partial charge on any atom is -0.466 e. The van der Waals surface area contributed by atoms with Crippen molar-refractivity contribution in [3.63, 3.8) is 0 Å². The zero-order valence-corrected chi connectivity index (χ0v) is 35.9. The van der Waals surface area contributed by atoms with E-state index in [9.17, 15) is 4.79 Å². The first-order valence-electron chi connectivity index (χ1n) is 16.5. The van der Waals surface area contributed by atoms with E-state index in [1.807, 2.05) is 11.0 Å². The first-order valence-corrected chi connectivity index (χ1v) is 26.5. The van der Waals surface area contributed by atoms with Gasteiger partial charge in [-0.05, 0) is 84.3 Å². The zero-order chi connectivity index (χ0) is 34.1.